The molecule has 1 N–H and O–H groups in total. The van der Waals surface area contributed by atoms with Crippen molar-refractivity contribution in [2.24, 2.45) is 11.8 Å². The second-order valence-corrected chi connectivity index (χ2v) is 8.37. The van der Waals surface area contributed by atoms with Gasteiger partial charge in [-0.1, -0.05) is 24.3 Å². The van der Waals surface area contributed by atoms with Crippen LogP contribution in [-0.4, -0.2) is 44.7 Å². The van der Waals surface area contributed by atoms with E-state index in [1.165, 1.54) is 12.1 Å². The highest BCUT2D eigenvalue weighted by Gasteiger charge is 2.43. The van der Waals surface area contributed by atoms with Gasteiger partial charge in [0.1, 0.15) is 5.82 Å². The number of likely N-dealkylation sites (tertiary alicyclic amines) is 1. The monoisotopic (exact) mass is 393 g/mol. The lowest BCUT2D eigenvalue weighted by Crippen LogP contribution is -2.36. The lowest BCUT2D eigenvalue weighted by molar-refractivity contribution is -0.129. The fraction of sp³-hybridized carbons (Fsp3) is 0.391. The molecule has 1 aliphatic carbocycles. The minimum absolute atomic E-state index is 0.0260. The quantitative estimate of drug-likeness (QED) is 0.744. The summed E-state index contributed by atoms with van der Waals surface area (Å²) in [4.78, 5) is 19.1. The average Bonchev–Trinajstić information content (AvgIpc) is 3.31. The topological polar surface area (TPSA) is 58.4 Å². The van der Waals surface area contributed by atoms with Crippen LogP contribution >= 0.6 is 0 Å². The number of benzene rings is 2. The van der Waals surface area contributed by atoms with E-state index in [0.29, 0.717) is 36.9 Å². The molecule has 0 bridgehead atoms. The normalized spacial score (nSPS) is 26.6. The number of para-hydroxylation sites is 2. The van der Waals surface area contributed by atoms with Crippen LogP contribution in [0.1, 0.15) is 24.4 Å². The van der Waals surface area contributed by atoms with Crippen molar-refractivity contribution in [3.63, 3.8) is 0 Å². The van der Waals surface area contributed by atoms with Gasteiger partial charge in [-0.3, -0.25) is 4.79 Å². The zero-order chi connectivity index (χ0) is 20.0. The molecule has 6 heteroatoms. The van der Waals surface area contributed by atoms with E-state index in [1.54, 1.807) is 12.1 Å². The molecule has 1 amide bonds. The molecule has 1 saturated heterocycles. The molecule has 5 rings (SSSR count). The van der Waals surface area contributed by atoms with Crippen molar-refractivity contribution in [2.75, 3.05) is 13.1 Å². The van der Waals surface area contributed by atoms with Crippen molar-refractivity contribution in [2.45, 2.75) is 31.4 Å². The number of rotatable bonds is 3. The van der Waals surface area contributed by atoms with Crippen molar-refractivity contribution in [1.82, 2.24) is 14.5 Å². The number of aliphatic hydroxyl groups is 1. The average molecular weight is 393 g/mol. The van der Waals surface area contributed by atoms with Crippen LogP contribution in [0.3, 0.4) is 0 Å². The van der Waals surface area contributed by atoms with Crippen molar-refractivity contribution in [3.05, 3.63) is 66.2 Å². The van der Waals surface area contributed by atoms with Crippen LogP contribution in [0, 0.1) is 17.7 Å². The summed E-state index contributed by atoms with van der Waals surface area (Å²) in [6.07, 6.45) is 3.10. The molecule has 2 aromatic carbocycles. The molecular weight excluding hydrogens is 369 g/mol. The fourth-order valence-electron chi connectivity index (χ4n) is 5.09. The summed E-state index contributed by atoms with van der Waals surface area (Å²) in [5, 5.41) is 10.8. The number of amides is 1. The van der Waals surface area contributed by atoms with E-state index in [4.69, 9.17) is 0 Å². The molecule has 3 aromatic rings. The van der Waals surface area contributed by atoms with Gasteiger partial charge in [-0.05, 0) is 54.5 Å². The zero-order valence-electron chi connectivity index (χ0n) is 16.1. The summed E-state index contributed by atoms with van der Waals surface area (Å²) >= 11 is 0. The minimum Gasteiger partial charge on any atom is -0.391 e. The summed E-state index contributed by atoms with van der Waals surface area (Å²) in [5.74, 6) is 0.390. The Hall–Kier alpha value is -2.73. The van der Waals surface area contributed by atoms with Crippen LogP contribution in [0.2, 0.25) is 0 Å². The standard InChI is InChI=1S/C23H24FN3O2/c24-18-5-3-4-15(8-18)9-23(29)26-12-16-10-21(22(28)11-17(16)13-26)27-14-25-19-6-1-2-7-20(19)27/h1-8,14,16-17,21-22,28H,9-13H2/t16-,17+,21-,22-/m1/s1. The zero-order valence-corrected chi connectivity index (χ0v) is 16.1. The highest BCUT2D eigenvalue weighted by atomic mass is 19.1. The maximum absolute atomic E-state index is 13.4. The third-order valence-corrected chi connectivity index (χ3v) is 6.54. The molecule has 29 heavy (non-hydrogen) atoms. The second kappa shape index (κ2) is 7.26. The largest absolute Gasteiger partial charge is 0.391 e. The molecule has 4 atom stereocenters. The maximum atomic E-state index is 13.4. The summed E-state index contributed by atoms with van der Waals surface area (Å²) in [6, 6.07) is 14.2. The van der Waals surface area contributed by atoms with Gasteiger partial charge < -0.3 is 14.6 Å². The Morgan fingerprint density at radius 1 is 1.10 bits per heavy atom. The number of halogens is 1. The summed E-state index contributed by atoms with van der Waals surface area (Å²) in [6.45, 7) is 1.38. The van der Waals surface area contributed by atoms with Gasteiger partial charge in [0.15, 0.2) is 0 Å². The first-order valence-electron chi connectivity index (χ1n) is 10.2. The molecule has 2 fully saturated rings. The van der Waals surface area contributed by atoms with Crippen LogP contribution in [0.4, 0.5) is 4.39 Å². The Balaban J connectivity index is 1.30. The van der Waals surface area contributed by atoms with E-state index < -0.39 is 6.10 Å². The molecule has 0 unspecified atom stereocenters. The summed E-state index contributed by atoms with van der Waals surface area (Å²) < 4.78 is 15.5. The number of aliphatic hydroxyl groups excluding tert-OH is 1. The lowest BCUT2D eigenvalue weighted by atomic mass is 9.77. The van der Waals surface area contributed by atoms with Crippen molar-refractivity contribution in [3.8, 4) is 0 Å². The number of hydrogen-bond acceptors (Lipinski definition) is 3. The molecule has 1 aromatic heterocycles. The van der Waals surface area contributed by atoms with Gasteiger partial charge in [0.05, 0.1) is 35.9 Å². The molecule has 150 valence electrons. The Morgan fingerprint density at radius 3 is 2.72 bits per heavy atom. The number of nitrogens with zero attached hydrogens (tertiary/aromatic N) is 3. The van der Waals surface area contributed by atoms with Gasteiger partial charge >= 0.3 is 0 Å². The molecule has 1 aliphatic heterocycles. The SMILES string of the molecule is O=C(Cc1cccc(F)c1)N1C[C@H]2C[C@@H](n3cnc4ccccc43)[C@H](O)C[C@H]2C1. The number of carbonyl (C=O) groups is 1. The Morgan fingerprint density at radius 2 is 1.90 bits per heavy atom. The number of hydrogen-bond donors (Lipinski definition) is 1. The highest BCUT2D eigenvalue weighted by Crippen LogP contribution is 2.42. The number of imidazole rings is 1. The highest BCUT2D eigenvalue weighted by molar-refractivity contribution is 5.79. The summed E-state index contributed by atoms with van der Waals surface area (Å²) in [5.41, 5.74) is 2.67. The van der Waals surface area contributed by atoms with Crippen molar-refractivity contribution < 1.29 is 14.3 Å². The smallest absolute Gasteiger partial charge is 0.227 e. The minimum atomic E-state index is -0.452. The van der Waals surface area contributed by atoms with Gasteiger partial charge in [0, 0.05) is 13.1 Å². The molecule has 0 spiro atoms. The van der Waals surface area contributed by atoms with Crippen LogP contribution in [0.15, 0.2) is 54.9 Å². The molecular formula is C23H24FN3O2. The van der Waals surface area contributed by atoms with E-state index in [0.717, 1.165) is 17.5 Å². The van der Waals surface area contributed by atoms with Crippen LogP contribution in [0.25, 0.3) is 11.0 Å². The first-order valence-corrected chi connectivity index (χ1v) is 10.2. The predicted molar refractivity (Wildman–Crippen MR) is 108 cm³/mol. The summed E-state index contributed by atoms with van der Waals surface area (Å²) in [7, 11) is 0. The number of carbonyl (C=O) groups excluding carboxylic acids is 1. The lowest BCUT2D eigenvalue weighted by Gasteiger charge is -2.36. The van der Waals surface area contributed by atoms with E-state index in [9.17, 15) is 14.3 Å². The van der Waals surface area contributed by atoms with Crippen molar-refractivity contribution in [1.29, 1.82) is 0 Å². The van der Waals surface area contributed by atoms with Gasteiger partial charge in [-0.15, -0.1) is 0 Å². The third kappa shape index (κ3) is 3.42. The van der Waals surface area contributed by atoms with E-state index >= 15 is 0 Å². The molecule has 0 radical (unpaired) electrons. The van der Waals surface area contributed by atoms with Crippen LogP contribution in [-0.2, 0) is 11.2 Å². The van der Waals surface area contributed by atoms with E-state index in [1.807, 2.05) is 35.5 Å². The Kier molecular flexibility index (Phi) is 4.59. The first kappa shape index (κ1) is 18.3. The van der Waals surface area contributed by atoms with Gasteiger partial charge in [0.25, 0.3) is 0 Å². The molecule has 1 saturated carbocycles. The maximum Gasteiger partial charge on any atom is 0.227 e. The number of fused-ring (bicyclic) bond motifs is 2. The molecule has 2 heterocycles. The van der Waals surface area contributed by atoms with Gasteiger partial charge in [-0.2, -0.15) is 0 Å². The van der Waals surface area contributed by atoms with Gasteiger partial charge in [0.2, 0.25) is 5.91 Å². The van der Waals surface area contributed by atoms with Gasteiger partial charge in [-0.25, -0.2) is 9.37 Å². The van der Waals surface area contributed by atoms with Crippen LogP contribution in [0.5, 0.6) is 0 Å². The predicted octanol–water partition coefficient (Wildman–Crippen LogP) is 3.19. The molecule has 2 aliphatic rings. The first-order chi connectivity index (χ1) is 14.1. The second-order valence-electron chi connectivity index (χ2n) is 8.37. The van der Waals surface area contributed by atoms with Crippen LogP contribution < -0.4 is 0 Å². The third-order valence-electron chi connectivity index (χ3n) is 6.54. The molecule has 5 nitrogen and oxygen atoms in total. The van der Waals surface area contributed by atoms with E-state index in [2.05, 4.69) is 9.55 Å². The number of aromatic nitrogens is 2. The fourth-order valence-corrected chi connectivity index (χ4v) is 5.09. The van der Waals surface area contributed by atoms with E-state index in [-0.39, 0.29) is 24.2 Å². The Bertz CT molecular complexity index is 1050. The van der Waals surface area contributed by atoms with Crippen molar-refractivity contribution >= 4 is 16.9 Å². The Labute approximate surface area is 168 Å².